The van der Waals surface area contributed by atoms with E-state index in [1.54, 1.807) is 0 Å². The lowest BCUT2D eigenvalue weighted by molar-refractivity contribution is -0.136. The maximum absolute atomic E-state index is 9.81. The lowest BCUT2D eigenvalue weighted by Gasteiger charge is -1.92. The number of hydrogen-bond donors (Lipinski definition) is 2. The molecule has 0 heterocycles. The molecule has 0 saturated carbocycles. The highest BCUT2D eigenvalue weighted by Gasteiger charge is 1.93. The highest BCUT2D eigenvalue weighted by molar-refractivity contribution is 5.66. The molecule has 0 aliphatic heterocycles. The molecule has 9 heavy (non-hydrogen) atoms. The lowest BCUT2D eigenvalue weighted by atomic mass is 10.4. The normalized spacial score (nSPS) is 8.89. The average Bonchev–Trinajstić information content (AvgIpc) is 1.80. The minimum absolute atomic E-state index is 0.0206. The van der Waals surface area contributed by atoms with Crippen LogP contribution >= 0.6 is 0 Å². The largest absolute Gasteiger partial charge is 0.481 e. The predicted octanol–water partition coefficient (Wildman–Crippen LogP) is -0.225. The Bertz CT molecular complexity index is 104. The Morgan fingerprint density at radius 2 is 2.33 bits per heavy atom. The first-order chi connectivity index (χ1) is 4.27. The van der Waals surface area contributed by atoms with E-state index in [1.807, 2.05) is 0 Å². The van der Waals surface area contributed by atoms with Gasteiger partial charge in [-0.05, 0) is 0 Å². The van der Waals surface area contributed by atoms with E-state index in [-0.39, 0.29) is 13.1 Å². The Morgan fingerprint density at radius 1 is 1.67 bits per heavy atom. The van der Waals surface area contributed by atoms with Crippen LogP contribution in [0, 0.1) is 4.91 Å². The van der Waals surface area contributed by atoms with Gasteiger partial charge in [0.2, 0.25) is 0 Å². The second kappa shape index (κ2) is 5.17. The van der Waals surface area contributed by atoms with Crippen LogP contribution in [-0.4, -0.2) is 24.3 Å². The molecule has 0 rings (SSSR count). The van der Waals surface area contributed by atoms with Crippen LogP contribution in [-0.2, 0) is 4.79 Å². The van der Waals surface area contributed by atoms with Gasteiger partial charge >= 0.3 is 5.97 Å². The fraction of sp³-hybridized carbons (Fsp3) is 0.750. The fourth-order valence-corrected chi connectivity index (χ4v) is 0.320. The van der Waals surface area contributed by atoms with Crippen molar-refractivity contribution in [1.82, 2.24) is 5.32 Å². The molecule has 0 aliphatic rings. The molecule has 0 unspecified atom stereocenters. The first kappa shape index (κ1) is 8.03. The van der Waals surface area contributed by atoms with Gasteiger partial charge in [0.25, 0.3) is 0 Å². The molecule has 0 aromatic carbocycles. The van der Waals surface area contributed by atoms with Gasteiger partial charge in [-0.2, -0.15) is 0 Å². The molecule has 0 amide bonds. The van der Waals surface area contributed by atoms with Gasteiger partial charge in [0, 0.05) is 6.54 Å². The summed E-state index contributed by atoms with van der Waals surface area (Å²) in [7, 11) is 0. The number of aliphatic carboxylic acids is 1. The topological polar surface area (TPSA) is 78.8 Å². The number of nitroso groups, excluding NO2 is 1. The number of nitrogens with one attached hydrogen (secondary N) is 1. The molecular formula is C4H8N2O3. The summed E-state index contributed by atoms with van der Waals surface area (Å²) in [6.45, 7) is 0.272. The molecule has 5 nitrogen and oxygen atoms in total. The second-order valence-corrected chi connectivity index (χ2v) is 1.43. The summed E-state index contributed by atoms with van der Waals surface area (Å²) < 4.78 is 0. The quantitative estimate of drug-likeness (QED) is 0.400. The molecule has 0 aromatic rings. The summed E-state index contributed by atoms with van der Waals surface area (Å²) in [6.07, 6.45) is 0.0233. The molecule has 0 bridgehead atoms. The first-order valence-corrected chi connectivity index (χ1v) is 2.49. The van der Waals surface area contributed by atoms with Crippen molar-refractivity contribution in [1.29, 1.82) is 0 Å². The summed E-state index contributed by atoms with van der Waals surface area (Å²) in [5, 5.41) is 13.0. The number of carbonyl (C=O) groups is 1. The first-order valence-electron chi connectivity index (χ1n) is 2.49. The number of carboxylic acids is 1. The third-order valence-corrected chi connectivity index (χ3v) is 0.692. The smallest absolute Gasteiger partial charge is 0.304 e. The minimum atomic E-state index is -0.881. The van der Waals surface area contributed by atoms with E-state index < -0.39 is 5.97 Å². The molecule has 0 radical (unpaired) electrons. The highest BCUT2D eigenvalue weighted by atomic mass is 16.4. The zero-order chi connectivity index (χ0) is 7.11. The van der Waals surface area contributed by atoms with Gasteiger partial charge in [0.05, 0.1) is 6.42 Å². The lowest BCUT2D eigenvalue weighted by Crippen LogP contribution is -2.17. The van der Waals surface area contributed by atoms with Gasteiger partial charge in [-0.25, -0.2) is 0 Å². The Morgan fingerprint density at radius 3 is 2.78 bits per heavy atom. The summed E-state index contributed by atoms with van der Waals surface area (Å²) in [4.78, 5) is 19.2. The predicted molar refractivity (Wildman–Crippen MR) is 30.9 cm³/mol. The SMILES string of the molecule is O=NCNCCC(=O)O. The van der Waals surface area contributed by atoms with Gasteiger partial charge in [-0.1, -0.05) is 5.18 Å². The van der Waals surface area contributed by atoms with E-state index in [0.717, 1.165) is 0 Å². The van der Waals surface area contributed by atoms with Crippen molar-refractivity contribution in [2.24, 2.45) is 5.18 Å². The van der Waals surface area contributed by atoms with E-state index in [2.05, 4.69) is 10.5 Å². The average molecular weight is 132 g/mol. The number of carboxylic acid groups (broad SMARTS) is 1. The van der Waals surface area contributed by atoms with E-state index in [4.69, 9.17) is 5.11 Å². The van der Waals surface area contributed by atoms with Crippen LogP contribution < -0.4 is 5.32 Å². The summed E-state index contributed by atoms with van der Waals surface area (Å²) in [5.74, 6) is -0.881. The van der Waals surface area contributed by atoms with E-state index in [0.29, 0.717) is 6.54 Å². The standard InChI is InChI=1S/C4H8N2O3/c7-4(8)1-2-5-3-6-9/h5H,1-3H2,(H,7,8). The highest BCUT2D eigenvalue weighted by Crippen LogP contribution is 1.73. The van der Waals surface area contributed by atoms with Crippen LogP contribution in [0.25, 0.3) is 0 Å². The summed E-state index contributed by atoms with van der Waals surface area (Å²) in [6, 6.07) is 0. The van der Waals surface area contributed by atoms with E-state index in [9.17, 15) is 9.70 Å². The monoisotopic (exact) mass is 132 g/mol. The van der Waals surface area contributed by atoms with Crippen molar-refractivity contribution in [2.75, 3.05) is 13.2 Å². The van der Waals surface area contributed by atoms with Crippen LogP contribution in [0.5, 0.6) is 0 Å². The van der Waals surface area contributed by atoms with Crippen LogP contribution in [0.2, 0.25) is 0 Å². The second-order valence-electron chi connectivity index (χ2n) is 1.43. The fourth-order valence-electron chi connectivity index (χ4n) is 0.320. The third-order valence-electron chi connectivity index (χ3n) is 0.692. The maximum atomic E-state index is 9.81. The van der Waals surface area contributed by atoms with Gasteiger partial charge in [-0.15, -0.1) is 4.91 Å². The molecule has 52 valence electrons. The molecule has 0 spiro atoms. The molecule has 0 aromatic heterocycles. The number of hydrogen-bond acceptors (Lipinski definition) is 4. The van der Waals surface area contributed by atoms with Crippen molar-refractivity contribution in [3.05, 3.63) is 4.91 Å². The Hall–Kier alpha value is -0.970. The molecule has 0 saturated heterocycles. The zero-order valence-corrected chi connectivity index (χ0v) is 4.83. The van der Waals surface area contributed by atoms with Crippen molar-refractivity contribution in [3.63, 3.8) is 0 Å². The minimum Gasteiger partial charge on any atom is -0.481 e. The molecule has 0 aliphatic carbocycles. The summed E-state index contributed by atoms with van der Waals surface area (Å²) >= 11 is 0. The van der Waals surface area contributed by atoms with Gasteiger partial charge in [-0.3, -0.25) is 10.1 Å². The maximum Gasteiger partial charge on any atom is 0.304 e. The number of rotatable bonds is 5. The van der Waals surface area contributed by atoms with Crippen molar-refractivity contribution in [2.45, 2.75) is 6.42 Å². The molecule has 5 heteroatoms. The van der Waals surface area contributed by atoms with Gasteiger partial charge < -0.3 is 5.11 Å². The van der Waals surface area contributed by atoms with Crippen molar-refractivity contribution in [3.8, 4) is 0 Å². The van der Waals surface area contributed by atoms with E-state index >= 15 is 0 Å². The third kappa shape index (κ3) is 7.03. The molecule has 2 N–H and O–H groups in total. The molecule has 0 fully saturated rings. The van der Waals surface area contributed by atoms with Crippen LogP contribution in [0.4, 0.5) is 0 Å². The van der Waals surface area contributed by atoms with Gasteiger partial charge in [0.15, 0.2) is 0 Å². The van der Waals surface area contributed by atoms with Crippen LogP contribution in [0.1, 0.15) is 6.42 Å². The summed E-state index contributed by atoms with van der Waals surface area (Å²) in [5.41, 5.74) is 0. The molecule has 0 atom stereocenters. The Labute approximate surface area is 52.0 Å². The van der Waals surface area contributed by atoms with Crippen molar-refractivity contribution >= 4 is 5.97 Å². The van der Waals surface area contributed by atoms with E-state index in [1.165, 1.54) is 0 Å². The Balaban J connectivity index is 2.91. The van der Waals surface area contributed by atoms with Gasteiger partial charge in [0.1, 0.15) is 6.67 Å². The zero-order valence-electron chi connectivity index (χ0n) is 4.83. The Kier molecular flexibility index (Phi) is 4.61. The van der Waals surface area contributed by atoms with Crippen LogP contribution in [0.3, 0.4) is 0 Å². The number of nitrogens with zero attached hydrogens (tertiary/aromatic N) is 1. The van der Waals surface area contributed by atoms with Crippen molar-refractivity contribution < 1.29 is 9.90 Å². The molecular weight excluding hydrogens is 124 g/mol. The van der Waals surface area contributed by atoms with Crippen LogP contribution in [0.15, 0.2) is 5.18 Å².